The monoisotopic (exact) mass is 742 g/mol. The Balaban J connectivity index is 1.11. The van der Waals surface area contributed by atoms with Gasteiger partial charge in [-0.25, -0.2) is 4.79 Å². The number of phenolic OH excluding ortho intramolecular Hbond substituents is 2. The van der Waals surface area contributed by atoms with Crippen LogP contribution in [0, 0.1) is 0 Å². The molecule has 6 aromatic carbocycles. The summed E-state index contributed by atoms with van der Waals surface area (Å²) in [6.07, 6.45) is 0. The molecule has 0 aliphatic rings. The van der Waals surface area contributed by atoms with E-state index in [1.165, 1.54) is 84.9 Å². The average molecular weight is 743 g/mol. The quantitative estimate of drug-likeness (QED) is 0.0834. The van der Waals surface area contributed by atoms with E-state index in [0.29, 0.717) is 0 Å². The van der Waals surface area contributed by atoms with Crippen molar-refractivity contribution in [2.45, 2.75) is 9.79 Å². The molecule has 0 aliphatic carbocycles. The highest BCUT2D eigenvalue weighted by atomic mass is 32.2. The molecular weight excluding hydrogens is 717 g/mol. The Kier molecular flexibility index (Phi) is 9.26. The number of carbonyl (C=O) groups is 3. The first-order valence-corrected chi connectivity index (χ1v) is 17.8. The molecule has 4 amide bonds. The topological polar surface area (TPSA) is 249 Å². The van der Waals surface area contributed by atoms with E-state index in [4.69, 9.17) is 0 Å². The fraction of sp³-hybridized carbons (Fsp3) is 0. The molecule has 0 atom stereocenters. The Labute approximate surface area is 295 Å². The van der Waals surface area contributed by atoms with Crippen LogP contribution in [0.4, 0.5) is 27.5 Å². The van der Waals surface area contributed by atoms with Gasteiger partial charge in [-0.2, -0.15) is 16.8 Å². The summed E-state index contributed by atoms with van der Waals surface area (Å²) < 4.78 is 64.9. The Bertz CT molecular complexity index is 2500. The lowest BCUT2D eigenvalue weighted by molar-refractivity contribution is 0.101. The van der Waals surface area contributed by atoms with Gasteiger partial charge in [-0.3, -0.25) is 18.7 Å². The molecule has 0 saturated heterocycles. The second-order valence-corrected chi connectivity index (χ2v) is 14.2. The molecule has 0 spiro atoms. The summed E-state index contributed by atoms with van der Waals surface area (Å²) in [6, 6.07) is 23.6. The first kappa shape index (κ1) is 35.3. The van der Waals surface area contributed by atoms with Crippen molar-refractivity contribution in [3.8, 4) is 11.5 Å². The molecule has 6 rings (SSSR count). The van der Waals surface area contributed by atoms with Crippen LogP contribution in [-0.2, 0) is 20.2 Å². The zero-order valence-electron chi connectivity index (χ0n) is 26.4. The summed E-state index contributed by atoms with van der Waals surface area (Å²) >= 11 is 0. The number of carbonyl (C=O) groups excluding carboxylic acids is 3. The van der Waals surface area contributed by atoms with E-state index in [0.717, 1.165) is 24.3 Å². The van der Waals surface area contributed by atoms with Crippen LogP contribution in [0.25, 0.3) is 21.5 Å². The number of rotatable bonds is 8. The average Bonchev–Trinajstić information content (AvgIpc) is 3.07. The first-order valence-electron chi connectivity index (χ1n) is 14.9. The Morgan fingerprint density at radius 1 is 0.462 bits per heavy atom. The standard InChI is InChI=1S/C35H26N4O11S2/c40-31-17-25(13-21-15-27(51(45,46)47)7-9-29(21)31)36-33(42)19-3-1-5-23(11-19)38-35(44)39-24-6-2-4-20(12-24)34(43)37-26-14-22-16-28(52(48,49)50)8-10-30(22)32(41)18-26/h1-18,40-41H,(H,36,42)(H,37,43)(H2,38,39,44)(H,45,46,47)(H,48,49,50). The largest absolute Gasteiger partial charge is 0.507 e. The predicted molar refractivity (Wildman–Crippen MR) is 192 cm³/mol. The van der Waals surface area contributed by atoms with Gasteiger partial charge < -0.3 is 31.5 Å². The van der Waals surface area contributed by atoms with E-state index < -0.39 is 47.9 Å². The number of benzene rings is 6. The van der Waals surface area contributed by atoms with Crippen LogP contribution < -0.4 is 21.3 Å². The van der Waals surface area contributed by atoms with Crippen molar-refractivity contribution in [2.75, 3.05) is 21.3 Å². The van der Waals surface area contributed by atoms with Crippen molar-refractivity contribution in [1.82, 2.24) is 0 Å². The highest BCUT2D eigenvalue weighted by Crippen LogP contribution is 2.32. The number of nitrogens with one attached hydrogen (secondary N) is 4. The Morgan fingerprint density at radius 2 is 0.865 bits per heavy atom. The second-order valence-electron chi connectivity index (χ2n) is 11.4. The fourth-order valence-corrected chi connectivity index (χ4v) is 6.33. The van der Waals surface area contributed by atoms with E-state index in [-0.39, 0.29) is 66.9 Å². The van der Waals surface area contributed by atoms with Gasteiger partial charge in [0.25, 0.3) is 32.1 Å². The van der Waals surface area contributed by atoms with Crippen LogP contribution >= 0.6 is 0 Å². The molecule has 0 aromatic heterocycles. The molecule has 0 unspecified atom stereocenters. The Morgan fingerprint density at radius 3 is 1.25 bits per heavy atom. The van der Waals surface area contributed by atoms with Gasteiger partial charge in [0.15, 0.2) is 0 Å². The van der Waals surface area contributed by atoms with E-state index >= 15 is 0 Å². The lowest BCUT2D eigenvalue weighted by Gasteiger charge is -2.12. The molecule has 0 heterocycles. The van der Waals surface area contributed by atoms with Crippen molar-refractivity contribution >= 4 is 82.4 Å². The molecule has 0 radical (unpaired) electrons. The van der Waals surface area contributed by atoms with Crippen LogP contribution in [0.3, 0.4) is 0 Å². The van der Waals surface area contributed by atoms with E-state index in [2.05, 4.69) is 21.3 Å². The molecule has 264 valence electrons. The lowest BCUT2D eigenvalue weighted by Crippen LogP contribution is -2.20. The summed E-state index contributed by atoms with van der Waals surface area (Å²) in [7, 11) is -9.01. The molecule has 15 nitrogen and oxygen atoms in total. The van der Waals surface area contributed by atoms with Gasteiger partial charge in [0.05, 0.1) is 9.79 Å². The molecule has 52 heavy (non-hydrogen) atoms. The smallest absolute Gasteiger partial charge is 0.323 e. The fourth-order valence-electron chi connectivity index (χ4n) is 5.30. The van der Waals surface area contributed by atoms with Gasteiger partial charge in [-0.1, -0.05) is 12.1 Å². The van der Waals surface area contributed by atoms with Crippen molar-refractivity contribution in [3.05, 3.63) is 120 Å². The van der Waals surface area contributed by atoms with Crippen molar-refractivity contribution in [3.63, 3.8) is 0 Å². The van der Waals surface area contributed by atoms with Gasteiger partial charge in [-0.05, 0) is 95.7 Å². The predicted octanol–water partition coefficient (Wildman–Crippen LogP) is 6.05. The number of phenols is 2. The van der Waals surface area contributed by atoms with Crippen LogP contribution in [0.5, 0.6) is 11.5 Å². The third-order valence-corrected chi connectivity index (χ3v) is 9.38. The van der Waals surface area contributed by atoms with Crippen molar-refractivity contribution < 1.29 is 50.5 Å². The minimum absolute atomic E-state index is 0.122. The molecule has 0 bridgehead atoms. The summed E-state index contributed by atoms with van der Waals surface area (Å²) in [4.78, 5) is 38.2. The number of amides is 4. The molecule has 0 aliphatic heterocycles. The third kappa shape index (κ3) is 7.92. The number of aromatic hydroxyl groups is 2. The summed E-state index contributed by atoms with van der Waals surface area (Å²) in [6.45, 7) is 0. The maximum Gasteiger partial charge on any atom is 0.323 e. The SMILES string of the molecule is O=C(Nc1cccc(C(=O)Nc2cc(O)c3ccc(S(=O)(=O)O)cc3c2)c1)Nc1cccc(C(=O)Nc2cc(O)c3ccc(S(=O)(=O)O)cc3c2)c1. The zero-order chi connectivity index (χ0) is 37.4. The van der Waals surface area contributed by atoms with Gasteiger partial charge in [0.1, 0.15) is 11.5 Å². The maximum absolute atomic E-state index is 13.0. The first-order chi connectivity index (χ1) is 24.5. The third-order valence-electron chi connectivity index (χ3n) is 7.68. The molecular formula is C35H26N4O11S2. The minimum atomic E-state index is -4.51. The second kappa shape index (κ2) is 13.6. The van der Waals surface area contributed by atoms with E-state index in [1.54, 1.807) is 0 Å². The number of urea groups is 1. The summed E-state index contributed by atoms with van der Waals surface area (Å²) in [5, 5.41) is 32.3. The molecule has 8 N–H and O–H groups in total. The molecule has 6 aromatic rings. The number of hydrogen-bond donors (Lipinski definition) is 8. The summed E-state index contributed by atoms with van der Waals surface area (Å²) in [5.41, 5.74) is 0.962. The number of fused-ring (bicyclic) bond motifs is 2. The van der Waals surface area contributed by atoms with E-state index in [1.807, 2.05) is 0 Å². The van der Waals surface area contributed by atoms with Crippen LogP contribution in [-0.4, -0.2) is 54.0 Å². The van der Waals surface area contributed by atoms with Gasteiger partial charge in [0, 0.05) is 56.8 Å². The number of anilines is 4. The highest BCUT2D eigenvalue weighted by Gasteiger charge is 2.16. The van der Waals surface area contributed by atoms with Crippen LogP contribution in [0.15, 0.2) is 119 Å². The number of hydrogen-bond acceptors (Lipinski definition) is 9. The highest BCUT2D eigenvalue weighted by molar-refractivity contribution is 7.86. The summed E-state index contributed by atoms with van der Waals surface area (Å²) in [5.74, 6) is -1.72. The van der Waals surface area contributed by atoms with Crippen molar-refractivity contribution in [1.29, 1.82) is 0 Å². The van der Waals surface area contributed by atoms with Gasteiger partial charge >= 0.3 is 6.03 Å². The maximum atomic E-state index is 13.0. The van der Waals surface area contributed by atoms with E-state index in [9.17, 15) is 50.5 Å². The molecule has 17 heteroatoms. The van der Waals surface area contributed by atoms with Gasteiger partial charge in [0.2, 0.25) is 0 Å². The zero-order valence-corrected chi connectivity index (χ0v) is 28.0. The lowest BCUT2D eigenvalue weighted by atomic mass is 10.1. The molecule has 0 fully saturated rings. The van der Waals surface area contributed by atoms with Crippen molar-refractivity contribution in [2.24, 2.45) is 0 Å². The Hall–Kier alpha value is -6.53. The van der Waals surface area contributed by atoms with Crippen LogP contribution in [0.2, 0.25) is 0 Å². The van der Waals surface area contributed by atoms with Gasteiger partial charge in [-0.15, -0.1) is 0 Å². The normalized spacial score (nSPS) is 11.6. The minimum Gasteiger partial charge on any atom is -0.507 e. The molecule has 0 saturated carbocycles. The van der Waals surface area contributed by atoms with Crippen LogP contribution in [0.1, 0.15) is 20.7 Å².